The van der Waals surface area contributed by atoms with Crippen molar-refractivity contribution in [2.75, 3.05) is 11.1 Å². The van der Waals surface area contributed by atoms with Crippen molar-refractivity contribution in [2.45, 2.75) is 6.54 Å². The van der Waals surface area contributed by atoms with Gasteiger partial charge >= 0.3 is 0 Å². The zero-order chi connectivity index (χ0) is 14.5. The van der Waals surface area contributed by atoms with Crippen LogP contribution in [-0.2, 0) is 6.54 Å². The van der Waals surface area contributed by atoms with E-state index in [1.807, 2.05) is 36.5 Å². The molecule has 3 aromatic heterocycles. The van der Waals surface area contributed by atoms with Crippen LogP contribution < -0.4 is 11.1 Å². The number of nitrogens with two attached hydrogens (primary N) is 1. The molecule has 0 aliphatic rings. The molecule has 3 aromatic rings. The zero-order valence-electron chi connectivity index (χ0n) is 11.3. The van der Waals surface area contributed by atoms with Gasteiger partial charge in [0, 0.05) is 31.3 Å². The molecular formula is C15H14N6. The summed E-state index contributed by atoms with van der Waals surface area (Å²) in [4.78, 5) is 16.8. The van der Waals surface area contributed by atoms with Crippen LogP contribution in [0.1, 0.15) is 5.56 Å². The lowest BCUT2D eigenvalue weighted by Crippen LogP contribution is -2.03. The average molecular weight is 278 g/mol. The van der Waals surface area contributed by atoms with Gasteiger partial charge in [-0.3, -0.25) is 4.98 Å². The zero-order valence-corrected chi connectivity index (χ0v) is 11.3. The number of anilines is 2. The number of nitrogen functional groups attached to an aromatic ring is 1. The van der Waals surface area contributed by atoms with Gasteiger partial charge in [-0.2, -0.15) is 0 Å². The molecule has 0 fully saturated rings. The molecule has 0 aliphatic carbocycles. The second-order valence-corrected chi connectivity index (χ2v) is 4.42. The van der Waals surface area contributed by atoms with Crippen molar-refractivity contribution in [3.63, 3.8) is 0 Å². The van der Waals surface area contributed by atoms with Crippen LogP contribution in [0.5, 0.6) is 0 Å². The third-order valence-corrected chi connectivity index (χ3v) is 2.93. The quantitative estimate of drug-likeness (QED) is 0.760. The van der Waals surface area contributed by atoms with E-state index in [1.54, 1.807) is 18.6 Å². The summed E-state index contributed by atoms with van der Waals surface area (Å²) in [6.45, 7) is 0.646. The molecule has 6 nitrogen and oxygen atoms in total. The van der Waals surface area contributed by atoms with Gasteiger partial charge in [-0.25, -0.2) is 15.0 Å². The topological polar surface area (TPSA) is 89.6 Å². The van der Waals surface area contributed by atoms with Crippen molar-refractivity contribution < 1.29 is 0 Å². The smallest absolute Gasteiger partial charge is 0.165 e. The lowest BCUT2D eigenvalue weighted by Gasteiger charge is -2.07. The Morgan fingerprint density at radius 3 is 2.71 bits per heavy atom. The standard InChI is InChI=1S/C15H14N6/c16-14-12(4-2-7-18-14)15-19-8-5-13(21-15)20-10-11-3-1-6-17-9-11/h1-9H,10H2,(H2,16,18)(H,19,20,21). The van der Waals surface area contributed by atoms with E-state index in [4.69, 9.17) is 5.73 Å². The van der Waals surface area contributed by atoms with Crippen LogP contribution in [0, 0.1) is 0 Å². The minimum atomic E-state index is 0.418. The SMILES string of the molecule is Nc1ncccc1-c1nccc(NCc2cccnc2)n1. The molecule has 6 heteroatoms. The van der Waals surface area contributed by atoms with Crippen LogP contribution in [0.25, 0.3) is 11.4 Å². The summed E-state index contributed by atoms with van der Waals surface area (Å²) < 4.78 is 0. The van der Waals surface area contributed by atoms with E-state index >= 15 is 0 Å². The van der Waals surface area contributed by atoms with E-state index in [-0.39, 0.29) is 0 Å². The van der Waals surface area contributed by atoms with Crippen molar-refractivity contribution in [2.24, 2.45) is 0 Å². The highest BCUT2D eigenvalue weighted by atomic mass is 15.0. The molecule has 0 aromatic carbocycles. The maximum atomic E-state index is 5.85. The first-order chi connectivity index (χ1) is 10.3. The molecule has 21 heavy (non-hydrogen) atoms. The lowest BCUT2D eigenvalue weighted by atomic mass is 10.2. The highest BCUT2D eigenvalue weighted by Crippen LogP contribution is 2.20. The predicted octanol–water partition coefficient (Wildman–Crippen LogP) is 2.13. The third-order valence-electron chi connectivity index (χ3n) is 2.93. The number of aromatic nitrogens is 4. The molecule has 3 N–H and O–H groups in total. The summed E-state index contributed by atoms with van der Waals surface area (Å²) in [5.74, 6) is 1.70. The Hall–Kier alpha value is -3.02. The number of rotatable bonds is 4. The van der Waals surface area contributed by atoms with Crippen molar-refractivity contribution in [3.05, 3.63) is 60.7 Å². The van der Waals surface area contributed by atoms with Crippen LogP contribution >= 0.6 is 0 Å². The monoisotopic (exact) mass is 278 g/mol. The van der Waals surface area contributed by atoms with Crippen molar-refractivity contribution in [1.29, 1.82) is 0 Å². The molecule has 0 atom stereocenters. The molecule has 0 radical (unpaired) electrons. The average Bonchev–Trinajstić information content (AvgIpc) is 2.55. The van der Waals surface area contributed by atoms with Crippen molar-refractivity contribution in [1.82, 2.24) is 19.9 Å². The molecule has 0 spiro atoms. The first-order valence-corrected chi connectivity index (χ1v) is 6.49. The molecule has 104 valence electrons. The van der Waals surface area contributed by atoms with Crippen LogP contribution in [-0.4, -0.2) is 19.9 Å². The van der Waals surface area contributed by atoms with Crippen LogP contribution in [0.2, 0.25) is 0 Å². The number of hydrogen-bond acceptors (Lipinski definition) is 6. The molecular weight excluding hydrogens is 264 g/mol. The molecule has 3 rings (SSSR count). The van der Waals surface area contributed by atoms with Gasteiger partial charge in [0.15, 0.2) is 5.82 Å². The summed E-state index contributed by atoms with van der Waals surface area (Å²) in [6, 6.07) is 9.37. The summed E-state index contributed by atoms with van der Waals surface area (Å²) in [5.41, 5.74) is 7.65. The number of hydrogen-bond donors (Lipinski definition) is 2. The van der Waals surface area contributed by atoms with Gasteiger partial charge in [-0.05, 0) is 29.8 Å². The second kappa shape index (κ2) is 5.96. The molecule has 0 aliphatic heterocycles. The largest absolute Gasteiger partial charge is 0.383 e. The fourth-order valence-corrected chi connectivity index (χ4v) is 1.89. The molecule has 0 saturated carbocycles. The van der Waals surface area contributed by atoms with Crippen molar-refractivity contribution >= 4 is 11.6 Å². The van der Waals surface area contributed by atoms with Crippen LogP contribution in [0.15, 0.2) is 55.1 Å². The maximum absolute atomic E-state index is 5.85. The van der Waals surface area contributed by atoms with E-state index in [2.05, 4.69) is 25.3 Å². The van der Waals surface area contributed by atoms with E-state index in [9.17, 15) is 0 Å². The Labute approximate surface area is 122 Å². The predicted molar refractivity (Wildman–Crippen MR) is 81.2 cm³/mol. The van der Waals surface area contributed by atoms with Gasteiger partial charge in [-0.15, -0.1) is 0 Å². The fraction of sp³-hybridized carbons (Fsp3) is 0.0667. The highest BCUT2D eigenvalue weighted by Gasteiger charge is 2.06. The third kappa shape index (κ3) is 3.11. The Morgan fingerprint density at radius 2 is 1.90 bits per heavy atom. The summed E-state index contributed by atoms with van der Waals surface area (Å²) in [7, 11) is 0. The summed E-state index contributed by atoms with van der Waals surface area (Å²) in [5, 5.41) is 3.24. The summed E-state index contributed by atoms with van der Waals surface area (Å²) in [6.07, 6.45) is 6.90. The van der Waals surface area contributed by atoms with Crippen LogP contribution in [0.3, 0.4) is 0 Å². The fourth-order valence-electron chi connectivity index (χ4n) is 1.89. The van der Waals surface area contributed by atoms with Gasteiger partial charge in [0.25, 0.3) is 0 Å². The summed E-state index contributed by atoms with van der Waals surface area (Å²) >= 11 is 0. The Bertz CT molecular complexity index is 729. The first kappa shape index (κ1) is 13.0. The molecule has 0 saturated heterocycles. The van der Waals surface area contributed by atoms with Gasteiger partial charge < -0.3 is 11.1 Å². The normalized spacial score (nSPS) is 10.3. The minimum absolute atomic E-state index is 0.418. The van der Waals surface area contributed by atoms with Crippen LogP contribution in [0.4, 0.5) is 11.6 Å². The van der Waals surface area contributed by atoms with E-state index < -0.39 is 0 Å². The maximum Gasteiger partial charge on any atom is 0.165 e. The van der Waals surface area contributed by atoms with Gasteiger partial charge in [0.1, 0.15) is 11.6 Å². The Kier molecular flexibility index (Phi) is 3.68. The van der Waals surface area contributed by atoms with Gasteiger partial charge in [-0.1, -0.05) is 6.07 Å². The van der Waals surface area contributed by atoms with E-state index in [0.717, 1.165) is 16.9 Å². The number of pyridine rings is 2. The van der Waals surface area contributed by atoms with Crippen molar-refractivity contribution in [3.8, 4) is 11.4 Å². The lowest BCUT2D eigenvalue weighted by molar-refractivity contribution is 1.07. The Morgan fingerprint density at radius 1 is 1.00 bits per heavy atom. The Balaban J connectivity index is 1.79. The van der Waals surface area contributed by atoms with E-state index in [0.29, 0.717) is 18.2 Å². The van der Waals surface area contributed by atoms with E-state index in [1.165, 1.54) is 0 Å². The molecule has 3 heterocycles. The number of nitrogens with zero attached hydrogens (tertiary/aromatic N) is 4. The number of nitrogens with one attached hydrogen (secondary N) is 1. The molecule has 0 unspecified atom stereocenters. The second-order valence-electron chi connectivity index (χ2n) is 4.42. The van der Waals surface area contributed by atoms with Gasteiger partial charge in [0.2, 0.25) is 0 Å². The highest BCUT2D eigenvalue weighted by molar-refractivity contribution is 5.68. The molecule has 0 amide bonds. The first-order valence-electron chi connectivity index (χ1n) is 6.49. The molecule has 0 bridgehead atoms. The minimum Gasteiger partial charge on any atom is -0.383 e. The van der Waals surface area contributed by atoms with Gasteiger partial charge in [0.05, 0.1) is 5.56 Å².